The molecule has 0 aliphatic heterocycles. The Bertz CT molecular complexity index is 396. The average molecular weight is 319 g/mol. The summed E-state index contributed by atoms with van der Waals surface area (Å²) in [5.74, 6) is 2.74. The molecule has 3 atom stereocenters. The number of allylic oxidation sites excluding steroid dienone is 4. The Balaban J connectivity index is 2.75. The van der Waals surface area contributed by atoms with Crippen LogP contribution in [0.1, 0.15) is 99.8 Å². The molecule has 0 spiro atoms. The summed E-state index contributed by atoms with van der Waals surface area (Å²) in [6, 6.07) is 0. The van der Waals surface area contributed by atoms with Gasteiger partial charge in [0.1, 0.15) is 0 Å². The molecule has 0 radical (unpaired) electrons. The van der Waals surface area contributed by atoms with Crippen molar-refractivity contribution in [2.45, 2.75) is 99.8 Å². The van der Waals surface area contributed by atoms with Crippen molar-refractivity contribution in [1.82, 2.24) is 0 Å². The first-order valence-electron chi connectivity index (χ1n) is 10.1. The lowest BCUT2D eigenvalue weighted by atomic mass is 9.73. The zero-order valence-electron chi connectivity index (χ0n) is 17.0. The summed E-state index contributed by atoms with van der Waals surface area (Å²) in [4.78, 5) is 0. The molecular weight excluding hydrogens is 276 g/mol. The minimum atomic E-state index is 0.473. The van der Waals surface area contributed by atoms with E-state index in [-0.39, 0.29) is 0 Å². The van der Waals surface area contributed by atoms with Crippen molar-refractivity contribution >= 4 is 0 Å². The Morgan fingerprint density at radius 2 is 1.83 bits per heavy atom. The molecule has 3 unspecified atom stereocenters. The molecule has 0 N–H and O–H groups in total. The summed E-state index contributed by atoms with van der Waals surface area (Å²) in [7, 11) is 0. The van der Waals surface area contributed by atoms with Crippen LogP contribution >= 0.6 is 0 Å². The van der Waals surface area contributed by atoms with Crippen LogP contribution in [0.5, 0.6) is 0 Å². The first-order valence-corrected chi connectivity index (χ1v) is 10.1. The van der Waals surface area contributed by atoms with Crippen molar-refractivity contribution in [2.24, 2.45) is 23.2 Å². The van der Waals surface area contributed by atoms with Crippen molar-refractivity contribution < 1.29 is 0 Å². The van der Waals surface area contributed by atoms with E-state index in [1.54, 1.807) is 11.1 Å². The molecule has 0 amide bonds. The topological polar surface area (TPSA) is 0 Å². The van der Waals surface area contributed by atoms with Gasteiger partial charge in [-0.2, -0.15) is 0 Å². The minimum absolute atomic E-state index is 0.473. The van der Waals surface area contributed by atoms with Crippen molar-refractivity contribution in [3.8, 4) is 0 Å². The third-order valence-electron chi connectivity index (χ3n) is 6.00. The van der Waals surface area contributed by atoms with Crippen molar-refractivity contribution in [3.63, 3.8) is 0 Å². The second kappa shape index (κ2) is 9.70. The standard InChI is InChI=1S/C23H42/c1-8-11-22(15-18(4)9-2)20(6)17-23(7,10-3)16-19(5)14-21-12-13-21/h8,11,18-19,21H,9-10,12-17H2,1-7H3. The molecule has 0 heterocycles. The largest absolute Gasteiger partial charge is 0.0874 e. The molecule has 23 heavy (non-hydrogen) atoms. The highest BCUT2D eigenvalue weighted by Crippen LogP contribution is 2.42. The number of hydrogen-bond acceptors (Lipinski definition) is 0. The molecular formula is C23H42. The lowest BCUT2D eigenvalue weighted by Gasteiger charge is -2.33. The lowest BCUT2D eigenvalue weighted by molar-refractivity contribution is 0.224. The average Bonchev–Trinajstić information content (AvgIpc) is 3.29. The number of rotatable bonds is 11. The Kier molecular flexibility index (Phi) is 8.65. The van der Waals surface area contributed by atoms with E-state index in [4.69, 9.17) is 0 Å². The Hall–Kier alpha value is -0.520. The quantitative estimate of drug-likeness (QED) is 0.339. The van der Waals surface area contributed by atoms with Crippen LogP contribution in [0.15, 0.2) is 23.3 Å². The van der Waals surface area contributed by atoms with Gasteiger partial charge in [-0.3, -0.25) is 0 Å². The second-order valence-corrected chi connectivity index (χ2v) is 8.85. The third kappa shape index (κ3) is 7.73. The highest BCUT2D eigenvalue weighted by Gasteiger charge is 2.29. The predicted octanol–water partition coefficient (Wildman–Crippen LogP) is 7.95. The fraction of sp³-hybridized carbons (Fsp3) is 0.826. The van der Waals surface area contributed by atoms with E-state index in [9.17, 15) is 0 Å². The summed E-state index contributed by atoms with van der Waals surface area (Å²) in [5, 5.41) is 0. The highest BCUT2D eigenvalue weighted by atomic mass is 14.3. The van der Waals surface area contributed by atoms with Gasteiger partial charge in [0.05, 0.1) is 0 Å². The van der Waals surface area contributed by atoms with Gasteiger partial charge in [-0.1, -0.05) is 78.0 Å². The van der Waals surface area contributed by atoms with Gasteiger partial charge in [0, 0.05) is 0 Å². The molecule has 0 bridgehead atoms. The van der Waals surface area contributed by atoms with Crippen LogP contribution < -0.4 is 0 Å². The fourth-order valence-corrected chi connectivity index (χ4v) is 4.05. The molecule has 0 aromatic carbocycles. The van der Waals surface area contributed by atoms with Gasteiger partial charge in [-0.25, -0.2) is 0 Å². The maximum atomic E-state index is 2.52. The lowest BCUT2D eigenvalue weighted by Crippen LogP contribution is -2.20. The third-order valence-corrected chi connectivity index (χ3v) is 6.00. The van der Waals surface area contributed by atoms with E-state index >= 15 is 0 Å². The van der Waals surface area contributed by atoms with Crippen LogP contribution in [-0.4, -0.2) is 0 Å². The van der Waals surface area contributed by atoms with Gasteiger partial charge in [0.25, 0.3) is 0 Å². The van der Waals surface area contributed by atoms with Crippen LogP contribution in [0.2, 0.25) is 0 Å². The second-order valence-electron chi connectivity index (χ2n) is 8.85. The summed E-state index contributed by atoms with van der Waals surface area (Å²) >= 11 is 0. The van der Waals surface area contributed by atoms with Crippen molar-refractivity contribution in [1.29, 1.82) is 0 Å². The Morgan fingerprint density at radius 1 is 1.17 bits per heavy atom. The smallest absolute Gasteiger partial charge is 0.0254 e. The maximum Gasteiger partial charge on any atom is -0.0254 e. The van der Waals surface area contributed by atoms with Gasteiger partial charge < -0.3 is 0 Å². The highest BCUT2D eigenvalue weighted by molar-refractivity contribution is 5.25. The maximum absolute atomic E-state index is 2.52. The van der Waals surface area contributed by atoms with Gasteiger partial charge in [-0.15, -0.1) is 0 Å². The van der Waals surface area contributed by atoms with Gasteiger partial charge in [-0.05, 0) is 68.3 Å². The van der Waals surface area contributed by atoms with Gasteiger partial charge >= 0.3 is 0 Å². The van der Waals surface area contributed by atoms with E-state index in [0.29, 0.717) is 5.41 Å². The molecule has 1 aliphatic rings. The SMILES string of the molecule is CC=CC(CC(C)CC)=C(C)CC(C)(CC)CC(C)CC1CC1. The van der Waals surface area contributed by atoms with Crippen LogP contribution in [0.3, 0.4) is 0 Å². The van der Waals surface area contributed by atoms with Crippen molar-refractivity contribution in [2.75, 3.05) is 0 Å². The Morgan fingerprint density at radius 3 is 2.30 bits per heavy atom. The molecule has 0 nitrogen and oxygen atoms in total. The van der Waals surface area contributed by atoms with E-state index < -0.39 is 0 Å². The van der Waals surface area contributed by atoms with E-state index in [2.05, 4.69) is 60.6 Å². The molecule has 1 aliphatic carbocycles. The molecule has 0 heteroatoms. The zero-order chi connectivity index (χ0) is 17.5. The minimum Gasteiger partial charge on any atom is -0.0874 e. The van der Waals surface area contributed by atoms with E-state index in [1.807, 2.05) is 0 Å². The first-order chi connectivity index (χ1) is 10.8. The monoisotopic (exact) mass is 318 g/mol. The summed E-state index contributed by atoms with van der Waals surface area (Å²) in [5.41, 5.74) is 3.70. The van der Waals surface area contributed by atoms with Crippen molar-refractivity contribution in [3.05, 3.63) is 23.3 Å². The van der Waals surface area contributed by atoms with E-state index in [1.165, 1.54) is 51.4 Å². The summed E-state index contributed by atoms with van der Waals surface area (Å²) < 4.78 is 0. The molecule has 1 saturated carbocycles. The zero-order valence-corrected chi connectivity index (χ0v) is 17.0. The van der Waals surface area contributed by atoms with Crippen LogP contribution in [0.25, 0.3) is 0 Å². The molecule has 1 rings (SSSR count). The molecule has 134 valence electrons. The Labute approximate surface area is 146 Å². The van der Waals surface area contributed by atoms with Gasteiger partial charge in [0.2, 0.25) is 0 Å². The van der Waals surface area contributed by atoms with Crippen LogP contribution in [0.4, 0.5) is 0 Å². The molecule has 1 fully saturated rings. The van der Waals surface area contributed by atoms with Crippen LogP contribution in [0, 0.1) is 23.2 Å². The molecule has 0 saturated heterocycles. The molecule has 0 aromatic heterocycles. The normalized spacial score (nSPS) is 21.9. The van der Waals surface area contributed by atoms with Gasteiger partial charge in [0.15, 0.2) is 0 Å². The fourth-order valence-electron chi connectivity index (χ4n) is 4.05. The number of hydrogen-bond donors (Lipinski definition) is 0. The summed E-state index contributed by atoms with van der Waals surface area (Å²) in [6.07, 6.45) is 15.5. The first kappa shape index (κ1) is 20.5. The van der Waals surface area contributed by atoms with Crippen LogP contribution in [-0.2, 0) is 0 Å². The summed E-state index contributed by atoms with van der Waals surface area (Å²) in [6.45, 7) is 16.6. The predicted molar refractivity (Wildman–Crippen MR) is 106 cm³/mol. The molecule has 0 aromatic rings. The van der Waals surface area contributed by atoms with E-state index in [0.717, 1.165) is 17.8 Å².